The van der Waals surface area contributed by atoms with Crippen LogP contribution in [0.15, 0.2) is 0 Å². The molecule has 1 rings (SSSR count). The Labute approximate surface area is 170 Å². The molecule has 0 aromatic rings. The fraction of sp³-hybridized carbons (Fsp3) is 0.789. The fourth-order valence-electron chi connectivity index (χ4n) is 2.95. The van der Waals surface area contributed by atoms with Crippen molar-refractivity contribution in [3.8, 4) is 0 Å². The molecule has 1 aliphatic carbocycles. The van der Waals surface area contributed by atoms with Gasteiger partial charge in [0, 0.05) is 12.3 Å². The van der Waals surface area contributed by atoms with Crippen LogP contribution in [-0.4, -0.2) is 59.5 Å². The van der Waals surface area contributed by atoms with Crippen molar-refractivity contribution in [3.63, 3.8) is 0 Å². The van der Waals surface area contributed by atoms with Gasteiger partial charge in [-0.25, -0.2) is 9.59 Å². The van der Waals surface area contributed by atoms with Crippen LogP contribution in [0.3, 0.4) is 0 Å². The van der Waals surface area contributed by atoms with E-state index in [-0.39, 0.29) is 24.0 Å². The number of nitrogens with two attached hydrogens (primary N) is 1. The zero-order valence-electron chi connectivity index (χ0n) is 17.0. The molecule has 8 nitrogen and oxygen atoms in total. The van der Waals surface area contributed by atoms with Crippen molar-refractivity contribution in [2.75, 3.05) is 18.6 Å². The summed E-state index contributed by atoms with van der Waals surface area (Å²) in [6, 6.07) is -0.172. The highest BCUT2D eigenvalue weighted by Crippen LogP contribution is 2.24. The highest BCUT2D eigenvalue weighted by atomic mass is 32.2. The third-order valence-electron chi connectivity index (χ3n) is 4.36. The maximum atomic E-state index is 12.2. The molecular weight excluding hydrogens is 386 g/mol. The number of thioether (sulfide) groups is 1. The summed E-state index contributed by atoms with van der Waals surface area (Å²) >= 11 is 1.73. The molecule has 0 aromatic carbocycles. The number of carbonyl (C=O) groups excluding carboxylic acids is 3. The Hall–Kier alpha value is -1.61. The largest absolute Gasteiger partial charge is 0.539 e. The van der Waals surface area contributed by atoms with Gasteiger partial charge in [-0.15, -0.1) is 0 Å². The number of hydrogen-bond donors (Lipinski definition) is 2. The first-order valence-corrected chi connectivity index (χ1v) is 11.1. The Morgan fingerprint density at radius 2 is 1.75 bits per heavy atom. The molecule has 0 aromatic heterocycles. The lowest BCUT2D eigenvalue weighted by Crippen LogP contribution is -2.92. The van der Waals surface area contributed by atoms with Gasteiger partial charge in [0.1, 0.15) is 5.78 Å². The number of Topliss-reactive ketones (excluding diaryl/α,β-unsaturated/α-hetero) is 1. The second-order valence-corrected chi connectivity index (χ2v) is 8.03. The molecule has 0 bridgehead atoms. The molecule has 0 amide bonds. The summed E-state index contributed by atoms with van der Waals surface area (Å²) in [7, 11) is 0. The molecule has 9 heteroatoms. The van der Waals surface area contributed by atoms with Crippen LogP contribution in [0, 0.1) is 5.92 Å². The van der Waals surface area contributed by atoms with E-state index in [1.54, 1.807) is 11.8 Å². The van der Waals surface area contributed by atoms with Gasteiger partial charge in [0.05, 0.1) is 19.1 Å². The molecule has 1 unspecified atom stereocenters. The van der Waals surface area contributed by atoms with Crippen LogP contribution in [0.1, 0.15) is 58.8 Å². The number of esters is 1. The minimum atomic E-state index is -2.07. The molecule has 1 atom stereocenters. The Balaban J connectivity index is 0.00000105. The molecule has 162 valence electrons. The molecule has 28 heavy (non-hydrogen) atoms. The number of carboxylic acid groups (broad SMARTS) is 2. The van der Waals surface area contributed by atoms with Crippen molar-refractivity contribution < 1.29 is 39.4 Å². The molecular formula is C19H33NO7S. The monoisotopic (exact) mass is 419 g/mol. The molecule has 0 heterocycles. The average Bonchev–Trinajstić information content (AvgIpc) is 2.64. The summed E-state index contributed by atoms with van der Waals surface area (Å²) in [6.07, 6.45) is 9.11. The summed E-state index contributed by atoms with van der Waals surface area (Å²) < 4.78 is 5.32. The van der Waals surface area contributed by atoms with Gasteiger partial charge in [-0.1, -0.05) is 19.3 Å². The van der Waals surface area contributed by atoms with Crippen LogP contribution in [0.4, 0.5) is 0 Å². The lowest BCUT2D eigenvalue weighted by Gasteiger charge is -2.20. The molecule has 0 radical (unpaired) electrons. The van der Waals surface area contributed by atoms with Gasteiger partial charge < -0.3 is 25.1 Å². The highest BCUT2D eigenvalue weighted by Gasteiger charge is 2.25. The minimum absolute atomic E-state index is 0.0819. The van der Waals surface area contributed by atoms with E-state index >= 15 is 0 Å². The molecule has 1 aliphatic rings. The van der Waals surface area contributed by atoms with E-state index in [9.17, 15) is 9.59 Å². The number of aliphatic carboxylic acids is 2. The minimum Gasteiger partial charge on any atom is -0.539 e. The van der Waals surface area contributed by atoms with Crippen molar-refractivity contribution in [1.82, 2.24) is 0 Å². The van der Waals surface area contributed by atoms with Crippen LogP contribution < -0.4 is 10.4 Å². The maximum absolute atomic E-state index is 12.2. The van der Waals surface area contributed by atoms with Gasteiger partial charge >= 0.3 is 11.9 Å². The van der Waals surface area contributed by atoms with Gasteiger partial charge in [0.25, 0.3) is 0 Å². The topological polar surface area (TPSA) is 137 Å². The van der Waals surface area contributed by atoms with Crippen LogP contribution in [0.5, 0.6) is 0 Å². The zero-order chi connectivity index (χ0) is 21.5. The first kappa shape index (κ1) is 26.4. The van der Waals surface area contributed by atoms with Gasteiger partial charge in [-0.05, 0) is 38.7 Å². The summed E-state index contributed by atoms with van der Waals surface area (Å²) in [4.78, 5) is 42.3. The van der Waals surface area contributed by atoms with Crippen LogP contribution >= 0.6 is 11.8 Å². The Kier molecular flexibility index (Phi) is 14.4. The van der Waals surface area contributed by atoms with Crippen LogP contribution in [0.2, 0.25) is 0 Å². The normalized spacial score (nSPS) is 15.3. The predicted octanol–water partition coefficient (Wildman–Crippen LogP) is -0.0165. The molecule has 1 fully saturated rings. The van der Waals surface area contributed by atoms with Crippen LogP contribution in [0.25, 0.3) is 0 Å². The van der Waals surface area contributed by atoms with Crippen molar-refractivity contribution in [1.29, 1.82) is 0 Å². The standard InChI is InChI=1S/C17H31NO3S.C2H2O4/c1-13(2)21-17(20)15(10-12-22-3)18-11-9-16(19)14-7-5-4-6-8-14;3-1(4)2(5)6/h13-15,18H,4-12H2,1-3H3;(H,3,4)(H,5,6). The number of rotatable bonds is 10. The number of ketones is 1. The lowest BCUT2D eigenvalue weighted by molar-refractivity contribution is -0.677. The van der Waals surface area contributed by atoms with E-state index in [1.807, 2.05) is 25.4 Å². The Bertz CT molecular complexity index is 493. The van der Waals surface area contributed by atoms with Gasteiger partial charge in [0.15, 0.2) is 12.0 Å². The number of quaternary nitrogens is 1. The lowest BCUT2D eigenvalue weighted by atomic mass is 9.85. The zero-order valence-corrected chi connectivity index (χ0v) is 17.8. The van der Waals surface area contributed by atoms with E-state index in [0.29, 0.717) is 18.7 Å². The van der Waals surface area contributed by atoms with Crippen LogP contribution in [-0.2, 0) is 23.9 Å². The van der Waals surface area contributed by atoms with Crippen molar-refractivity contribution in [2.45, 2.75) is 70.9 Å². The third kappa shape index (κ3) is 12.7. The van der Waals surface area contributed by atoms with E-state index in [2.05, 4.69) is 0 Å². The summed E-state index contributed by atoms with van der Waals surface area (Å²) in [5.41, 5.74) is 0. The summed E-state index contributed by atoms with van der Waals surface area (Å²) in [5, 5.41) is 18.3. The summed E-state index contributed by atoms with van der Waals surface area (Å²) in [6.45, 7) is 4.44. The van der Waals surface area contributed by atoms with Crippen molar-refractivity contribution >= 4 is 35.5 Å². The molecule has 3 N–H and O–H groups in total. The van der Waals surface area contributed by atoms with Gasteiger partial charge in [-0.3, -0.25) is 4.79 Å². The maximum Gasteiger partial charge on any atom is 0.365 e. The molecule has 0 spiro atoms. The van der Waals surface area contributed by atoms with E-state index in [1.165, 1.54) is 19.3 Å². The first-order valence-electron chi connectivity index (χ1n) is 9.68. The van der Waals surface area contributed by atoms with Crippen molar-refractivity contribution in [2.24, 2.45) is 5.92 Å². The molecule has 0 aliphatic heterocycles. The number of ether oxygens (including phenoxy) is 1. The fourth-order valence-corrected chi connectivity index (χ4v) is 3.44. The van der Waals surface area contributed by atoms with Gasteiger partial charge in [0.2, 0.25) is 0 Å². The quantitative estimate of drug-likeness (QED) is 0.372. The number of hydrogen-bond acceptors (Lipinski definition) is 7. The number of carboxylic acids is 2. The second-order valence-electron chi connectivity index (χ2n) is 7.04. The van der Waals surface area contributed by atoms with Crippen molar-refractivity contribution in [3.05, 3.63) is 0 Å². The molecule has 0 saturated heterocycles. The second kappa shape index (κ2) is 15.3. The van der Waals surface area contributed by atoms with E-state index < -0.39 is 11.9 Å². The van der Waals surface area contributed by atoms with Gasteiger partial charge in [-0.2, -0.15) is 11.8 Å². The highest BCUT2D eigenvalue weighted by molar-refractivity contribution is 7.98. The number of carbonyl (C=O) groups is 4. The first-order chi connectivity index (χ1) is 13.2. The van der Waals surface area contributed by atoms with E-state index in [4.69, 9.17) is 24.5 Å². The average molecular weight is 420 g/mol. The Morgan fingerprint density at radius 3 is 2.21 bits per heavy atom. The smallest absolute Gasteiger partial charge is 0.365 e. The predicted molar refractivity (Wildman–Crippen MR) is 104 cm³/mol. The third-order valence-corrected chi connectivity index (χ3v) is 5.01. The van der Waals surface area contributed by atoms with E-state index in [0.717, 1.165) is 25.0 Å². The molecule has 1 saturated carbocycles. The SMILES string of the molecule is CSCCC([NH2+]CCC(=O)C1CCCCC1)C(=O)OC(C)C.O=C([O-])C(=O)O. The Morgan fingerprint density at radius 1 is 1.18 bits per heavy atom. The summed E-state index contributed by atoms with van der Waals surface area (Å²) in [5.74, 6) is -2.56.